The Morgan fingerprint density at radius 2 is 2.57 bits per heavy atom. The molecule has 0 aromatic heterocycles. The van der Waals surface area contributed by atoms with Gasteiger partial charge in [0.05, 0.1) is 0 Å². The van der Waals surface area contributed by atoms with Crippen LogP contribution in [0.15, 0.2) is 29.7 Å². The first-order valence-electron chi connectivity index (χ1n) is 2.19. The van der Waals surface area contributed by atoms with E-state index in [0.717, 1.165) is 0 Å². The SMILES string of the molecule is OC1=C=CC=CC1. The molecule has 0 spiro atoms. The highest BCUT2D eigenvalue weighted by molar-refractivity contribution is 5.13. The summed E-state index contributed by atoms with van der Waals surface area (Å²) in [6.45, 7) is 0. The molecule has 1 N–H and O–H groups in total. The highest BCUT2D eigenvalue weighted by Gasteiger charge is 1.85. The van der Waals surface area contributed by atoms with Crippen LogP contribution < -0.4 is 0 Å². The van der Waals surface area contributed by atoms with Crippen LogP contribution in [0.1, 0.15) is 6.42 Å². The van der Waals surface area contributed by atoms with Crippen LogP contribution in [-0.2, 0) is 0 Å². The Morgan fingerprint density at radius 3 is 2.86 bits per heavy atom. The smallest absolute Gasteiger partial charge is 0.138 e. The largest absolute Gasteiger partial charge is 0.504 e. The fourth-order valence-corrected chi connectivity index (χ4v) is 0.451. The van der Waals surface area contributed by atoms with Crippen LogP contribution in [0.25, 0.3) is 0 Å². The molecule has 0 saturated carbocycles. The molecular formula is C6H6O. The molecule has 0 heterocycles. The Kier molecular flexibility index (Phi) is 1.01. The lowest BCUT2D eigenvalue weighted by Gasteiger charge is -1.89. The molecule has 0 unspecified atom stereocenters. The molecule has 7 heavy (non-hydrogen) atoms. The summed E-state index contributed by atoms with van der Waals surface area (Å²) in [6.07, 6.45) is 6.07. The van der Waals surface area contributed by atoms with Crippen LogP contribution in [0.4, 0.5) is 0 Å². The fraction of sp³-hybridized carbons (Fsp3) is 0.167. The van der Waals surface area contributed by atoms with E-state index in [0.29, 0.717) is 12.2 Å². The second-order valence-electron chi connectivity index (χ2n) is 1.39. The minimum atomic E-state index is 0.322. The molecule has 1 heteroatoms. The van der Waals surface area contributed by atoms with E-state index in [9.17, 15) is 0 Å². The second-order valence-corrected chi connectivity index (χ2v) is 1.39. The molecule has 1 aliphatic carbocycles. The van der Waals surface area contributed by atoms with Crippen LogP contribution in [0.2, 0.25) is 0 Å². The van der Waals surface area contributed by atoms with E-state index in [-0.39, 0.29) is 0 Å². The van der Waals surface area contributed by atoms with Crippen molar-refractivity contribution in [2.75, 3.05) is 0 Å². The van der Waals surface area contributed by atoms with Gasteiger partial charge in [-0.15, -0.1) is 0 Å². The maximum Gasteiger partial charge on any atom is 0.138 e. The Labute approximate surface area is 42.3 Å². The van der Waals surface area contributed by atoms with Crippen molar-refractivity contribution in [3.8, 4) is 0 Å². The van der Waals surface area contributed by atoms with Crippen molar-refractivity contribution in [2.45, 2.75) is 6.42 Å². The maximum absolute atomic E-state index is 8.63. The molecule has 0 atom stereocenters. The average Bonchev–Trinajstić information content (AvgIpc) is 1.69. The molecule has 0 fully saturated rings. The monoisotopic (exact) mass is 94.0 g/mol. The zero-order valence-corrected chi connectivity index (χ0v) is 3.89. The van der Waals surface area contributed by atoms with Crippen molar-refractivity contribution < 1.29 is 5.11 Å². The van der Waals surface area contributed by atoms with E-state index in [2.05, 4.69) is 5.73 Å². The quantitative estimate of drug-likeness (QED) is 0.451. The Bertz CT molecular complexity index is 148. The van der Waals surface area contributed by atoms with Crippen molar-refractivity contribution in [3.05, 3.63) is 29.7 Å². The molecule has 0 saturated heterocycles. The van der Waals surface area contributed by atoms with Crippen LogP contribution in [0.3, 0.4) is 0 Å². The van der Waals surface area contributed by atoms with Gasteiger partial charge in [-0.3, -0.25) is 0 Å². The molecule has 0 aromatic carbocycles. The number of hydrogen-bond donors (Lipinski definition) is 1. The molecule has 1 aliphatic rings. The number of rotatable bonds is 0. The van der Waals surface area contributed by atoms with Gasteiger partial charge in [0.25, 0.3) is 0 Å². The minimum Gasteiger partial charge on any atom is -0.504 e. The van der Waals surface area contributed by atoms with E-state index in [1.165, 1.54) is 0 Å². The van der Waals surface area contributed by atoms with Gasteiger partial charge in [-0.1, -0.05) is 17.9 Å². The highest BCUT2D eigenvalue weighted by atomic mass is 16.3. The van der Waals surface area contributed by atoms with Crippen molar-refractivity contribution in [1.29, 1.82) is 0 Å². The van der Waals surface area contributed by atoms with Crippen LogP contribution >= 0.6 is 0 Å². The summed E-state index contributed by atoms with van der Waals surface area (Å²) in [4.78, 5) is 0. The summed E-state index contributed by atoms with van der Waals surface area (Å²) in [6, 6.07) is 0. The topological polar surface area (TPSA) is 20.2 Å². The standard InChI is InChI=1S/C6H6O/c7-6-4-2-1-3-5-6/h1-3,7H,4H2. The Morgan fingerprint density at radius 1 is 1.71 bits per heavy atom. The summed E-state index contributed by atoms with van der Waals surface area (Å²) < 4.78 is 0. The zero-order valence-electron chi connectivity index (χ0n) is 3.89. The molecule has 0 amide bonds. The van der Waals surface area contributed by atoms with Gasteiger partial charge in [-0.25, -0.2) is 0 Å². The van der Waals surface area contributed by atoms with Crippen LogP contribution in [0, 0.1) is 0 Å². The summed E-state index contributed by atoms with van der Waals surface area (Å²) in [5.41, 5.74) is 2.64. The van der Waals surface area contributed by atoms with Crippen molar-refractivity contribution in [1.82, 2.24) is 0 Å². The van der Waals surface area contributed by atoms with E-state index in [1.807, 2.05) is 12.2 Å². The predicted molar refractivity (Wildman–Crippen MR) is 28.0 cm³/mol. The van der Waals surface area contributed by atoms with Gasteiger partial charge in [0, 0.05) is 6.42 Å². The maximum atomic E-state index is 8.63. The lowest BCUT2D eigenvalue weighted by Crippen LogP contribution is -1.75. The lowest BCUT2D eigenvalue weighted by atomic mass is 10.2. The first kappa shape index (κ1) is 4.23. The van der Waals surface area contributed by atoms with Gasteiger partial charge in [-0.2, -0.15) is 0 Å². The summed E-state index contributed by atoms with van der Waals surface area (Å²) in [5, 5.41) is 8.63. The average molecular weight is 94.1 g/mol. The summed E-state index contributed by atoms with van der Waals surface area (Å²) in [5.74, 6) is 0.322. The third kappa shape index (κ3) is 0.951. The zero-order chi connectivity index (χ0) is 5.11. The molecule has 0 radical (unpaired) electrons. The molecule has 0 aliphatic heterocycles. The second kappa shape index (κ2) is 1.67. The van der Waals surface area contributed by atoms with Gasteiger partial charge in [0.1, 0.15) is 5.76 Å². The summed E-state index contributed by atoms with van der Waals surface area (Å²) >= 11 is 0. The van der Waals surface area contributed by atoms with Crippen molar-refractivity contribution in [2.24, 2.45) is 0 Å². The Balaban J connectivity index is 2.84. The molecule has 0 aromatic rings. The van der Waals surface area contributed by atoms with E-state index >= 15 is 0 Å². The van der Waals surface area contributed by atoms with Crippen LogP contribution in [0.5, 0.6) is 0 Å². The molecule has 36 valence electrons. The van der Waals surface area contributed by atoms with Crippen molar-refractivity contribution >= 4 is 0 Å². The molecule has 1 rings (SSSR count). The van der Waals surface area contributed by atoms with Crippen molar-refractivity contribution in [3.63, 3.8) is 0 Å². The van der Waals surface area contributed by atoms with E-state index < -0.39 is 0 Å². The number of aliphatic hydroxyl groups is 1. The Hall–Kier alpha value is -0.940. The molecule has 0 bridgehead atoms. The first-order chi connectivity index (χ1) is 3.39. The third-order valence-electron chi connectivity index (χ3n) is 0.793. The van der Waals surface area contributed by atoms with Gasteiger partial charge in [-0.05, 0) is 6.08 Å². The normalized spacial score (nSPS) is 16.9. The number of allylic oxidation sites excluding steroid dienone is 2. The van der Waals surface area contributed by atoms with Gasteiger partial charge in [0.2, 0.25) is 0 Å². The van der Waals surface area contributed by atoms with Gasteiger partial charge in [0.15, 0.2) is 0 Å². The van der Waals surface area contributed by atoms with Gasteiger partial charge >= 0.3 is 0 Å². The highest BCUT2D eigenvalue weighted by Crippen LogP contribution is 1.98. The predicted octanol–water partition coefficient (Wildman–Crippen LogP) is 1.54. The number of aliphatic hydroxyl groups excluding tert-OH is 1. The molecule has 1 nitrogen and oxygen atoms in total. The third-order valence-corrected chi connectivity index (χ3v) is 0.793. The fourth-order valence-electron chi connectivity index (χ4n) is 0.451. The lowest BCUT2D eigenvalue weighted by molar-refractivity contribution is 0.402. The van der Waals surface area contributed by atoms with Crippen LogP contribution in [-0.4, -0.2) is 5.11 Å². The number of hydrogen-bond acceptors (Lipinski definition) is 1. The molecular weight excluding hydrogens is 88.1 g/mol. The minimum absolute atomic E-state index is 0.322. The summed E-state index contributed by atoms with van der Waals surface area (Å²) in [7, 11) is 0. The van der Waals surface area contributed by atoms with Gasteiger partial charge < -0.3 is 5.11 Å². The van der Waals surface area contributed by atoms with E-state index in [4.69, 9.17) is 5.11 Å². The first-order valence-corrected chi connectivity index (χ1v) is 2.19. The van der Waals surface area contributed by atoms with E-state index in [1.54, 1.807) is 6.08 Å².